The molecule has 1 aromatic carbocycles. The fraction of sp³-hybridized carbons (Fsp3) is 0.455. The van der Waals surface area contributed by atoms with Crippen LogP contribution in [0.3, 0.4) is 0 Å². The van der Waals surface area contributed by atoms with Gasteiger partial charge in [0.2, 0.25) is 0 Å². The molecule has 0 fully saturated rings. The number of thioether (sulfide) groups is 1. The number of hydrogen-bond donors (Lipinski definition) is 0. The molecule has 0 aromatic heterocycles. The van der Waals surface area contributed by atoms with Gasteiger partial charge in [0.1, 0.15) is 0 Å². The number of rotatable bonds is 3. The lowest BCUT2D eigenvalue weighted by atomic mass is 10.2. The van der Waals surface area contributed by atoms with Gasteiger partial charge in [-0.1, -0.05) is 0 Å². The van der Waals surface area contributed by atoms with Crippen LogP contribution in [0.1, 0.15) is 13.8 Å². The zero-order valence-corrected chi connectivity index (χ0v) is 10.2. The Morgan fingerprint density at radius 3 is 1.94 bits per heavy atom. The summed E-state index contributed by atoms with van der Waals surface area (Å²) in [4.78, 5) is 1.41. The minimum absolute atomic E-state index is 0.181. The molecule has 0 saturated carbocycles. The van der Waals surface area contributed by atoms with Gasteiger partial charge in [0.25, 0.3) is 0 Å². The van der Waals surface area contributed by atoms with E-state index in [1.54, 1.807) is 12.1 Å². The number of halogens is 3. The summed E-state index contributed by atoms with van der Waals surface area (Å²) in [7, 11) is 0. The van der Waals surface area contributed by atoms with E-state index in [-0.39, 0.29) is 5.69 Å². The van der Waals surface area contributed by atoms with E-state index < -0.39 is 12.3 Å². The van der Waals surface area contributed by atoms with E-state index in [1.165, 1.54) is 37.7 Å². The van der Waals surface area contributed by atoms with Crippen molar-refractivity contribution in [1.82, 2.24) is 0 Å². The van der Waals surface area contributed by atoms with E-state index in [1.807, 2.05) is 6.26 Å². The summed E-state index contributed by atoms with van der Waals surface area (Å²) in [5.41, 5.74) is 0.181. The van der Waals surface area contributed by atoms with Crippen molar-refractivity contribution in [2.24, 2.45) is 0 Å². The quantitative estimate of drug-likeness (QED) is 0.585. The fourth-order valence-electron chi connectivity index (χ4n) is 1.48. The third kappa shape index (κ3) is 3.07. The third-order valence-electron chi connectivity index (χ3n) is 2.14. The van der Waals surface area contributed by atoms with Crippen molar-refractivity contribution < 1.29 is 13.2 Å². The molecule has 16 heavy (non-hydrogen) atoms. The molecule has 5 heteroatoms. The Morgan fingerprint density at radius 2 is 1.62 bits per heavy atom. The molecule has 1 nitrogen and oxygen atoms in total. The van der Waals surface area contributed by atoms with Gasteiger partial charge >= 0.3 is 6.30 Å². The molecule has 0 saturated heterocycles. The first-order chi connectivity index (χ1) is 7.36. The highest BCUT2D eigenvalue weighted by atomic mass is 32.2. The van der Waals surface area contributed by atoms with E-state index in [0.717, 1.165) is 4.90 Å². The fourth-order valence-corrected chi connectivity index (χ4v) is 1.89. The van der Waals surface area contributed by atoms with Crippen LogP contribution in [0.2, 0.25) is 0 Å². The van der Waals surface area contributed by atoms with Crippen molar-refractivity contribution in [1.29, 1.82) is 0 Å². The van der Waals surface area contributed by atoms with Gasteiger partial charge in [0, 0.05) is 16.6 Å². The molecule has 0 aliphatic heterocycles. The summed E-state index contributed by atoms with van der Waals surface area (Å²) in [6, 6.07) is 5.78. The van der Waals surface area contributed by atoms with Gasteiger partial charge < -0.3 is 0 Å². The van der Waals surface area contributed by atoms with Crippen LogP contribution in [0.25, 0.3) is 0 Å². The smallest absolute Gasteiger partial charge is 0.282 e. The SMILES string of the molecule is CSc1ccc(N(C(C)C)C(F)(F)F)cc1. The molecule has 1 rings (SSSR count). The van der Waals surface area contributed by atoms with Gasteiger partial charge in [-0.25, -0.2) is 0 Å². The molecule has 0 amide bonds. The van der Waals surface area contributed by atoms with Crippen molar-refractivity contribution in [3.05, 3.63) is 24.3 Å². The summed E-state index contributed by atoms with van der Waals surface area (Å²) in [6.07, 6.45) is -2.45. The van der Waals surface area contributed by atoms with Crippen molar-refractivity contribution in [3.63, 3.8) is 0 Å². The Morgan fingerprint density at radius 1 is 1.12 bits per heavy atom. The average Bonchev–Trinajstić information content (AvgIpc) is 2.16. The van der Waals surface area contributed by atoms with E-state index in [4.69, 9.17) is 0 Å². The number of hydrogen-bond acceptors (Lipinski definition) is 2. The normalized spacial score (nSPS) is 11.9. The molecule has 90 valence electrons. The van der Waals surface area contributed by atoms with Gasteiger partial charge in [-0.3, -0.25) is 4.90 Å². The Labute approximate surface area is 97.6 Å². The van der Waals surface area contributed by atoms with Gasteiger partial charge in [-0.2, -0.15) is 13.2 Å². The van der Waals surface area contributed by atoms with Crippen LogP contribution in [-0.2, 0) is 0 Å². The van der Waals surface area contributed by atoms with Crippen LogP contribution in [0.5, 0.6) is 0 Å². The van der Waals surface area contributed by atoms with Crippen molar-refractivity contribution in [2.45, 2.75) is 31.1 Å². The summed E-state index contributed by atoms with van der Waals surface area (Å²) < 4.78 is 38.3. The number of nitrogens with zero attached hydrogens (tertiary/aromatic N) is 1. The molecular formula is C11H14F3NS. The number of benzene rings is 1. The molecular weight excluding hydrogens is 235 g/mol. The Balaban J connectivity index is 3.03. The molecule has 0 aliphatic carbocycles. The maximum Gasteiger partial charge on any atom is 0.485 e. The maximum absolute atomic E-state index is 12.8. The highest BCUT2D eigenvalue weighted by Crippen LogP contribution is 2.31. The summed E-state index contributed by atoms with van der Waals surface area (Å²) in [5, 5.41) is 0. The van der Waals surface area contributed by atoms with Crippen LogP contribution < -0.4 is 4.90 Å². The second-order valence-corrected chi connectivity index (χ2v) is 4.51. The minimum Gasteiger partial charge on any atom is -0.282 e. The molecule has 0 unspecified atom stereocenters. The van der Waals surface area contributed by atoms with Crippen LogP contribution in [0.4, 0.5) is 18.9 Å². The highest BCUT2D eigenvalue weighted by Gasteiger charge is 2.39. The molecule has 0 heterocycles. The van der Waals surface area contributed by atoms with Crippen LogP contribution in [0.15, 0.2) is 29.2 Å². The van der Waals surface area contributed by atoms with E-state index >= 15 is 0 Å². The van der Waals surface area contributed by atoms with Crippen LogP contribution >= 0.6 is 11.8 Å². The van der Waals surface area contributed by atoms with E-state index in [0.29, 0.717) is 4.90 Å². The standard InChI is InChI=1S/C11H14F3NS/c1-8(2)15(11(12,13)14)9-4-6-10(16-3)7-5-9/h4-8H,1-3H3. The van der Waals surface area contributed by atoms with Crippen molar-refractivity contribution >= 4 is 17.4 Å². The third-order valence-corrected chi connectivity index (χ3v) is 2.88. The van der Waals surface area contributed by atoms with Crippen LogP contribution in [-0.4, -0.2) is 18.6 Å². The van der Waals surface area contributed by atoms with Gasteiger partial charge in [0.05, 0.1) is 0 Å². The Hall–Kier alpha value is -0.840. The lowest BCUT2D eigenvalue weighted by molar-refractivity contribution is -0.133. The monoisotopic (exact) mass is 249 g/mol. The molecule has 0 aliphatic rings. The predicted molar refractivity (Wildman–Crippen MR) is 61.9 cm³/mol. The van der Waals surface area contributed by atoms with E-state index in [9.17, 15) is 13.2 Å². The number of alkyl halides is 3. The molecule has 0 bridgehead atoms. The zero-order valence-electron chi connectivity index (χ0n) is 9.38. The van der Waals surface area contributed by atoms with Crippen LogP contribution in [0, 0.1) is 0 Å². The Bertz CT molecular complexity index is 332. The van der Waals surface area contributed by atoms with Gasteiger partial charge in [0.15, 0.2) is 0 Å². The van der Waals surface area contributed by atoms with Crippen molar-refractivity contribution in [3.8, 4) is 0 Å². The Kier molecular flexibility index (Phi) is 4.13. The summed E-state index contributed by atoms with van der Waals surface area (Å²) in [5.74, 6) is 0. The second-order valence-electron chi connectivity index (χ2n) is 3.63. The molecule has 0 radical (unpaired) electrons. The second kappa shape index (κ2) is 4.99. The summed E-state index contributed by atoms with van der Waals surface area (Å²) in [6.45, 7) is 3.05. The highest BCUT2D eigenvalue weighted by molar-refractivity contribution is 7.98. The molecule has 1 aromatic rings. The minimum atomic E-state index is -4.34. The largest absolute Gasteiger partial charge is 0.485 e. The van der Waals surface area contributed by atoms with E-state index in [2.05, 4.69) is 0 Å². The predicted octanol–water partition coefficient (Wildman–Crippen LogP) is 4.14. The molecule has 0 spiro atoms. The van der Waals surface area contributed by atoms with Gasteiger partial charge in [-0.05, 0) is 44.4 Å². The molecule has 0 atom stereocenters. The molecule has 0 N–H and O–H groups in total. The lowest BCUT2D eigenvalue weighted by Crippen LogP contribution is -2.43. The maximum atomic E-state index is 12.8. The summed E-state index contributed by atoms with van der Waals surface area (Å²) >= 11 is 1.51. The average molecular weight is 249 g/mol. The first kappa shape index (κ1) is 13.2. The van der Waals surface area contributed by atoms with Crippen molar-refractivity contribution in [2.75, 3.05) is 11.2 Å². The first-order valence-electron chi connectivity index (χ1n) is 4.86. The number of anilines is 1. The first-order valence-corrected chi connectivity index (χ1v) is 6.09. The topological polar surface area (TPSA) is 3.24 Å². The lowest BCUT2D eigenvalue weighted by Gasteiger charge is -2.30. The zero-order chi connectivity index (χ0) is 12.3. The van der Waals surface area contributed by atoms with Gasteiger partial charge in [-0.15, -0.1) is 11.8 Å².